The molecule has 0 spiro atoms. The van der Waals surface area contributed by atoms with Gasteiger partial charge in [-0.2, -0.15) is 5.26 Å². The average molecular weight is 204 g/mol. The largest absolute Gasteiger partial charge is 0.245 e. The molecule has 0 aliphatic heterocycles. The van der Waals surface area contributed by atoms with Crippen LogP contribution in [0.15, 0.2) is 29.1 Å². The number of aromatic nitrogens is 1. The molecular weight excluding hydrogens is 199 g/mol. The van der Waals surface area contributed by atoms with E-state index in [-0.39, 0.29) is 5.56 Å². The van der Waals surface area contributed by atoms with Crippen LogP contribution in [0.3, 0.4) is 0 Å². The lowest BCUT2D eigenvalue weighted by Crippen LogP contribution is -1.88. The van der Waals surface area contributed by atoms with Gasteiger partial charge < -0.3 is 0 Å². The number of hydrogen-bond donors (Lipinski definition) is 0. The zero-order valence-corrected chi connectivity index (χ0v) is 7.88. The zero-order valence-electron chi connectivity index (χ0n) is 7.07. The van der Waals surface area contributed by atoms with Gasteiger partial charge in [0.1, 0.15) is 11.9 Å². The number of nitrogens with zero attached hydrogens (tertiary/aromatic N) is 2. The van der Waals surface area contributed by atoms with Gasteiger partial charge in [-0.3, -0.25) is 0 Å². The summed E-state index contributed by atoms with van der Waals surface area (Å²) in [7, 11) is 0. The molecule has 0 saturated carbocycles. The number of thiazole rings is 1. The highest BCUT2D eigenvalue weighted by atomic mass is 32.1. The summed E-state index contributed by atoms with van der Waals surface area (Å²) in [6.07, 6.45) is 0. The van der Waals surface area contributed by atoms with Crippen molar-refractivity contribution in [1.82, 2.24) is 4.98 Å². The van der Waals surface area contributed by atoms with Gasteiger partial charge in [-0.05, 0) is 12.1 Å². The van der Waals surface area contributed by atoms with Gasteiger partial charge in [0.25, 0.3) is 0 Å². The van der Waals surface area contributed by atoms with Crippen LogP contribution in [0.1, 0.15) is 5.56 Å². The first-order chi connectivity index (χ1) is 6.83. The van der Waals surface area contributed by atoms with E-state index in [0.29, 0.717) is 11.3 Å². The van der Waals surface area contributed by atoms with E-state index in [1.54, 1.807) is 29.1 Å². The molecule has 0 atom stereocenters. The Morgan fingerprint density at radius 2 is 2.29 bits per heavy atom. The smallest absolute Gasteiger partial charge is 0.150 e. The molecule has 0 unspecified atom stereocenters. The fourth-order valence-electron chi connectivity index (χ4n) is 1.16. The molecule has 0 aliphatic rings. The Kier molecular flexibility index (Phi) is 2.25. The molecular formula is C10H5FN2S. The maximum absolute atomic E-state index is 13.6. The van der Waals surface area contributed by atoms with Crippen LogP contribution in [0.2, 0.25) is 0 Å². The van der Waals surface area contributed by atoms with Crippen molar-refractivity contribution in [2.45, 2.75) is 0 Å². The summed E-state index contributed by atoms with van der Waals surface area (Å²) in [5.41, 5.74) is 2.64. The van der Waals surface area contributed by atoms with E-state index >= 15 is 0 Å². The third kappa shape index (κ3) is 1.38. The van der Waals surface area contributed by atoms with Crippen LogP contribution in [-0.2, 0) is 0 Å². The summed E-state index contributed by atoms with van der Waals surface area (Å²) in [5.74, 6) is -0.499. The van der Waals surface area contributed by atoms with Gasteiger partial charge in [-0.1, -0.05) is 6.07 Å². The van der Waals surface area contributed by atoms with Gasteiger partial charge in [-0.25, -0.2) is 9.37 Å². The van der Waals surface area contributed by atoms with Crippen molar-refractivity contribution >= 4 is 11.3 Å². The van der Waals surface area contributed by atoms with Crippen molar-refractivity contribution in [2.75, 3.05) is 0 Å². The molecule has 1 aromatic carbocycles. The highest BCUT2D eigenvalue weighted by molar-refractivity contribution is 7.07. The number of hydrogen-bond acceptors (Lipinski definition) is 3. The van der Waals surface area contributed by atoms with Gasteiger partial charge in [-0.15, -0.1) is 11.3 Å². The van der Waals surface area contributed by atoms with Gasteiger partial charge >= 0.3 is 0 Å². The number of rotatable bonds is 1. The Morgan fingerprint density at radius 1 is 1.43 bits per heavy atom. The molecule has 1 aromatic heterocycles. The first-order valence-electron chi connectivity index (χ1n) is 3.90. The molecule has 0 bridgehead atoms. The predicted octanol–water partition coefficient (Wildman–Crippen LogP) is 2.82. The third-order valence-corrected chi connectivity index (χ3v) is 2.41. The average Bonchev–Trinajstić information content (AvgIpc) is 2.71. The summed E-state index contributed by atoms with van der Waals surface area (Å²) in [6, 6.07) is 6.51. The van der Waals surface area contributed by atoms with Crippen LogP contribution >= 0.6 is 11.3 Å². The molecule has 0 fully saturated rings. The predicted molar refractivity (Wildman–Crippen MR) is 52.2 cm³/mol. The minimum atomic E-state index is -0.499. The Labute approximate surface area is 84.3 Å². The maximum Gasteiger partial charge on any atom is 0.150 e. The molecule has 0 amide bonds. The molecule has 0 aliphatic carbocycles. The van der Waals surface area contributed by atoms with Crippen molar-refractivity contribution in [3.8, 4) is 17.3 Å². The standard InChI is InChI=1S/C10H5FN2S/c11-10-7(4-12)2-1-3-8(10)9-5-14-6-13-9/h1-3,5-6H. The summed E-state index contributed by atoms with van der Waals surface area (Å²) >= 11 is 1.40. The maximum atomic E-state index is 13.6. The number of nitriles is 1. The van der Waals surface area contributed by atoms with Crippen molar-refractivity contribution in [2.24, 2.45) is 0 Å². The van der Waals surface area contributed by atoms with Crippen molar-refractivity contribution < 1.29 is 4.39 Å². The molecule has 68 valence electrons. The quantitative estimate of drug-likeness (QED) is 0.716. The Morgan fingerprint density at radius 3 is 2.93 bits per heavy atom. The van der Waals surface area contributed by atoms with Gasteiger partial charge in [0.15, 0.2) is 0 Å². The molecule has 2 rings (SSSR count). The van der Waals surface area contributed by atoms with Crippen molar-refractivity contribution in [3.05, 3.63) is 40.5 Å². The van der Waals surface area contributed by atoms with Crippen molar-refractivity contribution in [1.29, 1.82) is 5.26 Å². The zero-order chi connectivity index (χ0) is 9.97. The van der Waals surface area contributed by atoms with Crippen LogP contribution in [-0.4, -0.2) is 4.98 Å². The van der Waals surface area contributed by atoms with E-state index in [4.69, 9.17) is 5.26 Å². The molecule has 0 N–H and O–H groups in total. The highest BCUT2D eigenvalue weighted by Gasteiger charge is 2.10. The molecule has 4 heteroatoms. The summed E-state index contributed by atoms with van der Waals surface area (Å²) in [6.45, 7) is 0. The molecule has 14 heavy (non-hydrogen) atoms. The van der Waals surface area contributed by atoms with E-state index in [0.717, 1.165) is 0 Å². The first-order valence-corrected chi connectivity index (χ1v) is 4.84. The highest BCUT2D eigenvalue weighted by Crippen LogP contribution is 2.24. The molecule has 2 nitrogen and oxygen atoms in total. The SMILES string of the molecule is N#Cc1cccc(-c2cscn2)c1F. The van der Waals surface area contributed by atoms with E-state index in [2.05, 4.69) is 4.98 Å². The van der Waals surface area contributed by atoms with Crippen LogP contribution in [0.5, 0.6) is 0 Å². The van der Waals surface area contributed by atoms with Gasteiger partial charge in [0.2, 0.25) is 0 Å². The summed E-state index contributed by atoms with van der Waals surface area (Å²) in [5, 5.41) is 10.4. The Hall–Kier alpha value is -1.73. The lowest BCUT2D eigenvalue weighted by Gasteiger charge is -1.99. The lowest BCUT2D eigenvalue weighted by atomic mass is 10.1. The second kappa shape index (κ2) is 3.56. The van der Waals surface area contributed by atoms with E-state index < -0.39 is 5.82 Å². The fourth-order valence-corrected chi connectivity index (χ4v) is 1.71. The van der Waals surface area contributed by atoms with Crippen LogP contribution < -0.4 is 0 Å². The van der Waals surface area contributed by atoms with Crippen LogP contribution in [0.25, 0.3) is 11.3 Å². The third-order valence-electron chi connectivity index (χ3n) is 1.83. The summed E-state index contributed by atoms with van der Waals surface area (Å²) in [4.78, 5) is 3.99. The minimum absolute atomic E-state index is 0.0514. The summed E-state index contributed by atoms with van der Waals surface area (Å²) < 4.78 is 13.6. The fraction of sp³-hybridized carbons (Fsp3) is 0. The van der Waals surface area contributed by atoms with Crippen LogP contribution in [0, 0.1) is 17.1 Å². The second-order valence-electron chi connectivity index (χ2n) is 2.65. The minimum Gasteiger partial charge on any atom is -0.245 e. The van der Waals surface area contributed by atoms with Crippen LogP contribution in [0.4, 0.5) is 4.39 Å². The molecule has 1 heterocycles. The van der Waals surface area contributed by atoms with Crippen molar-refractivity contribution in [3.63, 3.8) is 0 Å². The number of halogens is 1. The topological polar surface area (TPSA) is 36.7 Å². The van der Waals surface area contributed by atoms with E-state index in [1.165, 1.54) is 17.4 Å². The first kappa shape index (κ1) is 8.85. The van der Waals surface area contributed by atoms with Gasteiger partial charge in [0.05, 0.1) is 16.8 Å². The Balaban J connectivity index is 2.61. The molecule has 2 aromatic rings. The van der Waals surface area contributed by atoms with Gasteiger partial charge in [0, 0.05) is 10.9 Å². The van der Waals surface area contributed by atoms with E-state index in [1.807, 2.05) is 0 Å². The normalized spacial score (nSPS) is 9.71. The Bertz CT molecular complexity index is 485. The molecule has 0 saturated heterocycles. The second-order valence-corrected chi connectivity index (χ2v) is 3.37. The van der Waals surface area contributed by atoms with E-state index in [9.17, 15) is 4.39 Å². The monoisotopic (exact) mass is 204 g/mol. The molecule has 0 radical (unpaired) electrons. The number of benzene rings is 1. The lowest BCUT2D eigenvalue weighted by molar-refractivity contribution is 0.627.